The molecule has 0 saturated carbocycles. The Kier molecular flexibility index (Phi) is 5.43. The number of nitrogen functional groups attached to an aromatic ring is 1. The van der Waals surface area contributed by atoms with E-state index in [4.69, 9.17) is 15.5 Å². The van der Waals surface area contributed by atoms with Gasteiger partial charge in [0.15, 0.2) is 5.82 Å². The maximum Gasteiger partial charge on any atom is 0.256 e. The molecule has 4 aromatic rings. The molecule has 1 amide bonds. The highest BCUT2D eigenvalue weighted by Gasteiger charge is 2.21. The Hall–Kier alpha value is -4.27. The van der Waals surface area contributed by atoms with E-state index in [-0.39, 0.29) is 17.3 Å². The summed E-state index contributed by atoms with van der Waals surface area (Å²) in [4.78, 5) is 26.1. The maximum atomic E-state index is 12.6. The van der Waals surface area contributed by atoms with Crippen LogP contribution in [0.3, 0.4) is 0 Å². The number of aryl methyl sites for hydroxylation is 2. The van der Waals surface area contributed by atoms with E-state index in [0.29, 0.717) is 18.9 Å². The first-order chi connectivity index (χ1) is 16.1. The molecular weight excluding hydrogens is 418 g/mol. The van der Waals surface area contributed by atoms with E-state index >= 15 is 0 Å². The van der Waals surface area contributed by atoms with Gasteiger partial charge in [-0.2, -0.15) is 0 Å². The molecular formula is C24H23N7O2. The number of nitrogens with zero attached hydrogens (tertiary/aromatic N) is 5. The van der Waals surface area contributed by atoms with Gasteiger partial charge in [0.25, 0.3) is 11.9 Å². The van der Waals surface area contributed by atoms with Crippen molar-refractivity contribution in [2.75, 3.05) is 19.4 Å². The van der Waals surface area contributed by atoms with Gasteiger partial charge in [-0.1, -0.05) is 6.07 Å². The molecule has 9 heteroatoms. The van der Waals surface area contributed by atoms with Gasteiger partial charge >= 0.3 is 0 Å². The number of fused-ring (bicyclic) bond motifs is 3. The molecule has 0 fully saturated rings. The number of carbonyl (C=O) groups is 1. The zero-order chi connectivity index (χ0) is 22.8. The number of nitrogens with one attached hydrogen (secondary N) is 1. The van der Waals surface area contributed by atoms with Gasteiger partial charge < -0.3 is 15.8 Å². The third-order valence-electron chi connectivity index (χ3n) is 5.67. The molecule has 9 nitrogen and oxygen atoms in total. The lowest BCUT2D eigenvalue weighted by molar-refractivity contribution is 0.0955. The van der Waals surface area contributed by atoms with Crippen LogP contribution in [0.15, 0.2) is 55.0 Å². The molecule has 0 unspecified atom stereocenters. The number of aromatic nitrogens is 5. The van der Waals surface area contributed by atoms with Crippen LogP contribution in [0.5, 0.6) is 5.75 Å². The molecule has 0 spiro atoms. The van der Waals surface area contributed by atoms with Crippen LogP contribution in [0.25, 0.3) is 17.2 Å². The molecule has 0 aliphatic heterocycles. The minimum absolute atomic E-state index is 0.122. The second-order valence-corrected chi connectivity index (χ2v) is 7.77. The van der Waals surface area contributed by atoms with Crippen LogP contribution in [-0.2, 0) is 19.3 Å². The molecule has 0 bridgehead atoms. The summed E-state index contributed by atoms with van der Waals surface area (Å²) in [5.74, 6) is 1.00. The SMILES string of the molecule is COc1ccc2c(c1)CCc1cnc(-n3cc(C(=O)NCCc4ccccn4)c(N)n3)nc1-2. The lowest BCUT2D eigenvalue weighted by atomic mass is 9.90. The van der Waals surface area contributed by atoms with E-state index in [1.54, 1.807) is 19.5 Å². The normalized spacial score (nSPS) is 12.0. The Morgan fingerprint density at radius 3 is 2.88 bits per heavy atom. The zero-order valence-corrected chi connectivity index (χ0v) is 18.2. The molecule has 5 rings (SSSR count). The van der Waals surface area contributed by atoms with Crippen LogP contribution in [0.4, 0.5) is 5.82 Å². The summed E-state index contributed by atoms with van der Waals surface area (Å²) in [6.45, 7) is 0.441. The smallest absolute Gasteiger partial charge is 0.256 e. The van der Waals surface area contributed by atoms with Crippen molar-refractivity contribution >= 4 is 11.7 Å². The molecule has 0 atom stereocenters. The number of anilines is 1. The van der Waals surface area contributed by atoms with E-state index in [1.165, 1.54) is 10.2 Å². The summed E-state index contributed by atoms with van der Waals surface area (Å²) in [6, 6.07) is 11.7. The Morgan fingerprint density at radius 1 is 1.18 bits per heavy atom. The molecule has 166 valence electrons. The van der Waals surface area contributed by atoms with Crippen molar-refractivity contribution in [2.45, 2.75) is 19.3 Å². The maximum absolute atomic E-state index is 12.6. The van der Waals surface area contributed by atoms with Crippen molar-refractivity contribution in [2.24, 2.45) is 0 Å². The van der Waals surface area contributed by atoms with Gasteiger partial charge in [-0.25, -0.2) is 14.6 Å². The number of benzene rings is 1. The average molecular weight is 441 g/mol. The highest BCUT2D eigenvalue weighted by Crippen LogP contribution is 2.34. The van der Waals surface area contributed by atoms with E-state index in [2.05, 4.69) is 20.4 Å². The fourth-order valence-corrected chi connectivity index (χ4v) is 3.94. The van der Waals surface area contributed by atoms with E-state index in [0.717, 1.165) is 41.1 Å². The summed E-state index contributed by atoms with van der Waals surface area (Å²) in [7, 11) is 1.66. The minimum Gasteiger partial charge on any atom is -0.497 e. The first-order valence-corrected chi connectivity index (χ1v) is 10.7. The highest BCUT2D eigenvalue weighted by atomic mass is 16.5. The minimum atomic E-state index is -0.301. The van der Waals surface area contributed by atoms with E-state index in [9.17, 15) is 4.79 Å². The lowest BCUT2D eigenvalue weighted by Gasteiger charge is -2.19. The predicted molar refractivity (Wildman–Crippen MR) is 123 cm³/mol. The quantitative estimate of drug-likeness (QED) is 0.471. The molecule has 1 aromatic carbocycles. The first-order valence-electron chi connectivity index (χ1n) is 10.7. The molecule has 0 saturated heterocycles. The Labute approximate surface area is 190 Å². The molecule has 3 heterocycles. The monoisotopic (exact) mass is 441 g/mol. The molecule has 1 aliphatic carbocycles. The number of hydrogen-bond donors (Lipinski definition) is 2. The fourth-order valence-electron chi connectivity index (χ4n) is 3.94. The van der Waals surface area contributed by atoms with E-state index < -0.39 is 0 Å². The summed E-state index contributed by atoms with van der Waals surface area (Å²) in [6.07, 6.45) is 7.48. The summed E-state index contributed by atoms with van der Waals surface area (Å²) < 4.78 is 6.80. The van der Waals surface area contributed by atoms with Crippen molar-refractivity contribution in [3.63, 3.8) is 0 Å². The molecule has 33 heavy (non-hydrogen) atoms. The number of ether oxygens (including phenoxy) is 1. The Balaban J connectivity index is 1.36. The van der Waals surface area contributed by atoms with Crippen LogP contribution in [-0.4, -0.2) is 44.3 Å². The van der Waals surface area contributed by atoms with Crippen molar-refractivity contribution in [3.05, 3.63) is 77.4 Å². The Morgan fingerprint density at radius 2 is 2.06 bits per heavy atom. The zero-order valence-electron chi connectivity index (χ0n) is 18.2. The second kappa shape index (κ2) is 8.70. The van der Waals surface area contributed by atoms with Gasteiger partial charge in [-0.15, -0.1) is 5.10 Å². The number of nitrogens with two attached hydrogens (primary N) is 1. The van der Waals surface area contributed by atoms with Gasteiger partial charge in [0.2, 0.25) is 0 Å². The molecule has 3 N–H and O–H groups in total. The first kappa shape index (κ1) is 20.6. The summed E-state index contributed by atoms with van der Waals surface area (Å²) in [5, 5.41) is 7.14. The second-order valence-electron chi connectivity index (χ2n) is 7.77. The molecule has 0 radical (unpaired) electrons. The Bertz CT molecular complexity index is 1320. The van der Waals surface area contributed by atoms with Crippen molar-refractivity contribution in [3.8, 4) is 23.0 Å². The largest absolute Gasteiger partial charge is 0.497 e. The van der Waals surface area contributed by atoms with Crippen LogP contribution >= 0.6 is 0 Å². The number of rotatable bonds is 6. The summed E-state index contributed by atoms with van der Waals surface area (Å²) >= 11 is 0. The van der Waals surface area contributed by atoms with Gasteiger partial charge in [-0.3, -0.25) is 9.78 Å². The van der Waals surface area contributed by atoms with Crippen LogP contribution in [0.2, 0.25) is 0 Å². The predicted octanol–water partition coefficient (Wildman–Crippen LogP) is 2.39. The summed E-state index contributed by atoms with van der Waals surface area (Å²) in [5.41, 5.74) is 11.4. The average Bonchev–Trinajstić information content (AvgIpc) is 3.25. The van der Waals surface area contributed by atoms with Gasteiger partial charge in [0.05, 0.1) is 12.8 Å². The van der Waals surface area contributed by atoms with Crippen LogP contribution in [0, 0.1) is 0 Å². The number of pyridine rings is 1. The number of carbonyl (C=O) groups excluding carboxylic acids is 1. The molecule has 1 aliphatic rings. The van der Waals surface area contributed by atoms with Gasteiger partial charge in [0.1, 0.15) is 11.3 Å². The number of methoxy groups -OCH3 is 1. The van der Waals surface area contributed by atoms with Gasteiger partial charge in [-0.05, 0) is 54.3 Å². The van der Waals surface area contributed by atoms with Crippen molar-refractivity contribution in [1.82, 2.24) is 30.0 Å². The van der Waals surface area contributed by atoms with Crippen molar-refractivity contribution < 1.29 is 9.53 Å². The third-order valence-corrected chi connectivity index (χ3v) is 5.67. The van der Waals surface area contributed by atoms with Crippen LogP contribution in [0.1, 0.15) is 27.2 Å². The van der Waals surface area contributed by atoms with Gasteiger partial charge in [0, 0.05) is 42.8 Å². The van der Waals surface area contributed by atoms with Crippen LogP contribution < -0.4 is 15.8 Å². The highest BCUT2D eigenvalue weighted by molar-refractivity contribution is 5.98. The molecule has 3 aromatic heterocycles. The fraction of sp³-hybridized carbons (Fsp3) is 0.208. The number of hydrogen-bond acceptors (Lipinski definition) is 7. The van der Waals surface area contributed by atoms with Crippen molar-refractivity contribution in [1.29, 1.82) is 0 Å². The standard InChI is InChI=1S/C24H23N7O2/c1-33-18-7-8-19-15(12-18)5-6-16-13-28-24(29-21(16)19)31-14-20(22(25)30-31)23(32)27-11-9-17-4-2-3-10-26-17/h2-4,7-8,10,12-14H,5-6,9,11H2,1H3,(H2,25,30)(H,27,32). The van der Waals surface area contributed by atoms with E-state index in [1.807, 2.05) is 42.6 Å². The third kappa shape index (κ3) is 4.12. The lowest BCUT2D eigenvalue weighted by Crippen LogP contribution is -2.26. The number of amides is 1. The topological polar surface area (TPSA) is 121 Å².